The van der Waals surface area contributed by atoms with Gasteiger partial charge in [0.1, 0.15) is 17.3 Å². The molecule has 0 aliphatic carbocycles. The molecule has 0 saturated carbocycles. The summed E-state index contributed by atoms with van der Waals surface area (Å²) in [7, 11) is 0. The summed E-state index contributed by atoms with van der Waals surface area (Å²) in [6.45, 7) is 1.80. The van der Waals surface area contributed by atoms with E-state index in [-0.39, 0.29) is 0 Å². The Labute approximate surface area is 131 Å². The Morgan fingerprint density at radius 3 is 2.59 bits per heavy atom. The van der Waals surface area contributed by atoms with Crippen LogP contribution >= 0.6 is 12.0 Å². The second-order valence-electron chi connectivity index (χ2n) is 4.65. The van der Waals surface area contributed by atoms with Crippen LogP contribution in [-0.4, -0.2) is 5.16 Å². The van der Waals surface area contributed by atoms with E-state index in [2.05, 4.69) is 9.44 Å². The summed E-state index contributed by atoms with van der Waals surface area (Å²) in [5.74, 6) is 5.18. The molecule has 0 bridgehead atoms. The molecule has 22 heavy (non-hydrogen) atoms. The van der Waals surface area contributed by atoms with Crippen LogP contribution in [0.25, 0.3) is 22.4 Å². The van der Waals surface area contributed by atoms with Crippen LogP contribution in [0.5, 0.6) is 0 Å². The molecule has 0 fully saturated rings. The first-order chi connectivity index (χ1) is 10.7. The number of rotatable bonds is 4. The number of benzene rings is 2. The molecular weight excluding hydrogens is 303 g/mol. The summed E-state index contributed by atoms with van der Waals surface area (Å²) in [5, 5.41) is 4.10. The van der Waals surface area contributed by atoms with E-state index < -0.39 is 5.82 Å². The van der Waals surface area contributed by atoms with Crippen molar-refractivity contribution in [2.45, 2.75) is 11.8 Å². The Kier molecular flexibility index (Phi) is 4.24. The molecule has 1 aromatic heterocycles. The predicted molar refractivity (Wildman–Crippen MR) is 83.2 cm³/mol. The first-order valence-corrected chi connectivity index (χ1v) is 7.30. The monoisotopic (exact) mass is 316 g/mol. The van der Waals surface area contributed by atoms with E-state index in [0.717, 1.165) is 23.2 Å². The van der Waals surface area contributed by atoms with Gasteiger partial charge < -0.3 is 4.52 Å². The van der Waals surface area contributed by atoms with Crippen molar-refractivity contribution in [3.63, 3.8) is 0 Å². The lowest BCUT2D eigenvalue weighted by atomic mass is 9.99. The topological polar surface area (TPSA) is 61.3 Å². The van der Waals surface area contributed by atoms with Crippen molar-refractivity contribution in [2.75, 3.05) is 0 Å². The molecule has 3 rings (SSSR count). The molecule has 2 aromatic carbocycles. The van der Waals surface area contributed by atoms with E-state index in [1.807, 2.05) is 30.3 Å². The number of hydrogen-bond donors (Lipinski definition) is 1. The fraction of sp³-hybridized carbons (Fsp3) is 0.0625. The summed E-state index contributed by atoms with van der Waals surface area (Å²) >= 11 is 0.776. The van der Waals surface area contributed by atoms with Gasteiger partial charge in [0.2, 0.25) is 0 Å². The van der Waals surface area contributed by atoms with Crippen LogP contribution in [0.15, 0.2) is 57.9 Å². The van der Waals surface area contributed by atoms with Gasteiger partial charge in [0.05, 0.1) is 22.5 Å². The first kappa shape index (κ1) is 14.8. The molecule has 0 aliphatic heterocycles. The maximum absolute atomic E-state index is 14.1. The molecule has 0 atom stereocenters. The largest absolute Gasteiger partial charge is 0.360 e. The van der Waals surface area contributed by atoms with E-state index in [9.17, 15) is 4.39 Å². The molecule has 1 heterocycles. The standard InChI is InChI=1S/C16H13FN2O2S/c1-10-15(12-7-8-14(22-21-18)13(17)9-12)16(19-20-10)11-5-3-2-4-6-11/h2-9H,18H2,1H3. The molecule has 0 unspecified atom stereocenters. The van der Waals surface area contributed by atoms with E-state index in [1.165, 1.54) is 6.07 Å². The quantitative estimate of drug-likeness (QED) is 0.572. The Bertz CT molecular complexity index is 790. The minimum atomic E-state index is -0.410. The Balaban J connectivity index is 2.09. The van der Waals surface area contributed by atoms with Crippen LogP contribution in [0.2, 0.25) is 0 Å². The van der Waals surface area contributed by atoms with Gasteiger partial charge in [-0.25, -0.2) is 14.6 Å². The summed E-state index contributed by atoms with van der Waals surface area (Å²) in [5.41, 5.74) is 3.07. The molecule has 0 aliphatic rings. The van der Waals surface area contributed by atoms with Gasteiger partial charge in [-0.1, -0.05) is 41.6 Å². The Hall–Kier alpha value is -2.15. The van der Waals surface area contributed by atoms with Gasteiger partial charge in [0.15, 0.2) is 0 Å². The molecule has 112 valence electrons. The maximum atomic E-state index is 14.1. The third-order valence-electron chi connectivity index (χ3n) is 3.27. The molecule has 0 radical (unpaired) electrons. The zero-order valence-corrected chi connectivity index (χ0v) is 12.6. The lowest BCUT2D eigenvalue weighted by Gasteiger charge is -2.06. The first-order valence-electron chi connectivity index (χ1n) is 6.55. The molecule has 3 aromatic rings. The van der Waals surface area contributed by atoms with Gasteiger partial charge in [-0.05, 0) is 24.6 Å². The van der Waals surface area contributed by atoms with Crippen LogP contribution in [0.4, 0.5) is 4.39 Å². The van der Waals surface area contributed by atoms with Gasteiger partial charge in [0.25, 0.3) is 0 Å². The average molecular weight is 316 g/mol. The van der Waals surface area contributed by atoms with Crippen molar-refractivity contribution in [3.8, 4) is 22.4 Å². The van der Waals surface area contributed by atoms with Crippen LogP contribution in [-0.2, 0) is 4.28 Å². The smallest absolute Gasteiger partial charge is 0.142 e. The number of nitrogens with zero attached hydrogens (tertiary/aromatic N) is 1. The van der Waals surface area contributed by atoms with E-state index in [4.69, 9.17) is 10.4 Å². The summed E-state index contributed by atoms with van der Waals surface area (Å²) < 4.78 is 23.8. The maximum Gasteiger partial charge on any atom is 0.142 e. The van der Waals surface area contributed by atoms with Crippen LogP contribution in [0, 0.1) is 12.7 Å². The molecule has 2 N–H and O–H groups in total. The van der Waals surface area contributed by atoms with Crippen molar-refractivity contribution in [3.05, 3.63) is 60.1 Å². The normalized spacial score (nSPS) is 10.9. The number of halogens is 1. The number of nitrogens with two attached hydrogens (primary N) is 1. The molecule has 6 heteroatoms. The SMILES string of the molecule is Cc1onc(-c2ccccc2)c1-c1ccc(SON)c(F)c1. The van der Waals surface area contributed by atoms with Crippen molar-refractivity contribution < 1.29 is 13.2 Å². The fourth-order valence-corrected chi connectivity index (χ4v) is 2.65. The summed E-state index contributed by atoms with van der Waals surface area (Å²) in [6, 6.07) is 14.5. The third-order valence-corrected chi connectivity index (χ3v) is 3.88. The lowest BCUT2D eigenvalue weighted by Crippen LogP contribution is -1.91. The molecule has 0 spiro atoms. The zero-order valence-electron chi connectivity index (χ0n) is 11.7. The van der Waals surface area contributed by atoms with E-state index in [1.54, 1.807) is 19.1 Å². The summed E-state index contributed by atoms with van der Waals surface area (Å²) in [4.78, 5) is 0.321. The Morgan fingerprint density at radius 2 is 1.91 bits per heavy atom. The van der Waals surface area contributed by atoms with Crippen LogP contribution in [0.1, 0.15) is 5.76 Å². The van der Waals surface area contributed by atoms with Gasteiger partial charge in [0, 0.05) is 5.56 Å². The number of aryl methyl sites for hydroxylation is 1. The molecule has 4 nitrogen and oxygen atoms in total. The molecular formula is C16H13FN2O2S. The number of hydrogen-bond acceptors (Lipinski definition) is 5. The third kappa shape index (κ3) is 2.76. The van der Waals surface area contributed by atoms with Gasteiger partial charge in [-0.3, -0.25) is 0 Å². The van der Waals surface area contributed by atoms with Crippen molar-refractivity contribution in [1.82, 2.24) is 5.16 Å². The fourth-order valence-electron chi connectivity index (χ4n) is 2.28. The zero-order chi connectivity index (χ0) is 15.5. The highest BCUT2D eigenvalue weighted by Gasteiger charge is 2.17. The van der Waals surface area contributed by atoms with E-state index >= 15 is 0 Å². The average Bonchev–Trinajstić information content (AvgIpc) is 2.92. The minimum Gasteiger partial charge on any atom is -0.360 e. The van der Waals surface area contributed by atoms with Gasteiger partial charge in [-0.15, -0.1) is 0 Å². The van der Waals surface area contributed by atoms with Crippen molar-refractivity contribution >= 4 is 12.0 Å². The second kappa shape index (κ2) is 6.31. The number of aromatic nitrogens is 1. The van der Waals surface area contributed by atoms with E-state index in [0.29, 0.717) is 21.9 Å². The van der Waals surface area contributed by atoms with Gasteiger partial charge >= 0.3 is 0 Å². The highest BCUT2D eigenvalue weighted by Crippen LogP contribution is 2.35. The second-order valence-corrected chi connectivity index (χ2v) is 5.45. The van der Waals surface area contributed by atoms with Crippen molar-refractivity contribution in [2.24, 2.45) is 5.90 Å². The lowest BCUT2D eigenvalue weighted by molar-refractivity contribution is 0.396. The van der Waals surface area contributed by atoms with Crippen LogP contribution < -0.4 is 5.90 Å². The Morgan fingerprint density at radius 1 is 1.14 bits per heavy atom. The molecule has 0 saturated heterocycles. The van der Waals surface area contributed by atoms with Crippen LogP contribution in [0.3, 0.4) is 0 Å². The van der Waals surface area contributed by atoms with Gasteiger partial charge in [-0.2, -0.15) is 0 Å². The summed E-state index contributed by atoms with van der Waals surface area (Å²) in [6.07, 6.45) is 0. The molecule has 0 amide bonds. The predicted octanol–water partition coefficient (Wildman–Crippen LogP) is 4.35. The highest BCUT2D eigenvalue weighted by atomic mass is 32.2. The minimum absolute atomic E-state index is 0.321. The highest BCUT2D eigenvalue weighted by molar-refractivity contribution is 7.94. The van der Waals surface area contributed by atoms with Crippen molar-refractivity contribution in [1.29, 1.82) is 0 Å².